The van der Waals surface area contributed by atoms with Crippen molar-refractivity contribution in [3.63, 3.8) is 0 Å². The molecule has 4 nitrogen and oxygen atoms in total. The average Bonchev–Trinajstić information content (AvgIpc) is 3.02. The van der Waals surface area contributed by atoms with E-state index < -0.39 is 0 Å². The summed E-state index contributed by atoms with van der Waals surface area (Å²) in [6, 6.07) is 41.7. The van der Waals surface area contributed by atoms with Crippen LogP contribution in [0.1, 0.15) is 0 Å². The quantitative estimate of drug-likeness (QED) is 0.202. The zero-order chi connectivity index (χ0) is 27.3. The number of aliphatic hydroxyl groups excluding tert-OH is 2. The number of hydrogen-bond donors (Lipinski definition) is 2. The molecule has 0 radical (unpaired) electrons. The Hall–Kier alpha value is -4.64. The van der Waals surface area contributed by atoms with Crippen LogP contribution >= 0.6 is 0 Å². The van der Waals surface area contributed by atoms with E-state index >= 15 is 0 Å². The molecule has 0 spiro atoms. The molecule has 0 heterocycles. The summed E-state index contributed by atoms with van der Waals surface area (Å²) < 4.78 is 12.0. The van der Waals surface area contributed by atoms with Gasteiger partial charge in [-0.05, 0) is 79.7 Å². The smallest absolute Gasteiger partial charge is 0.127 e. The van der Waals surface area contributed by atoms with Crippen molar-refractivity contribution in [2.24, 2.45) is 0 Å². The van der Waals surface area contributed by atoms with Gasteiger partial charge in [-0.2, -0.15) is 0 Å². The van der Waals surface area contributed by atoms with Crippen LogP contribution in [0.4, 0.5) is 0 Å². The third-order valence-corrected chi connectivity index (χ3v) is 7.10. The predicted molar refractivity (Wildman–Crippen MR) is 163 cm³/mol. The number of hydrogen-bond acceptors (Lipinski definition) is 4. The standard InChI is InChI=1S/C36H30O4/c37-17-19-39-31-23-30-22-28(26-9-5-2-6-10-26)11-14-32(30)34(24-31)36-33-15-12-27(25-7-3-1-4-8-25)21-29(33)13-16-35(36)40-20-18-38/h1-16,21-24,37-38H,17-20H2. The Morgan fingerprint density at radius 1 is 0.475 bits per heavy atom. The van der Waals surface area contributed by atoms with Gasteiger partial charge < -0.3 is 19.7 Å². The minimum atomic E-state index is -0.0781. The zero-order valence-corrected chi connectivity index (χ0v) is 22.1. The second-order valence-corrected chi connectivity index (χ2v) is 9.66. The van der Waals surface area contributed by atoms with Crippen molar-refractivity contribution >= 4 is 21.5 Å². The normalized spacial score (nSPS) is 11.2. The van der Waals surface area contributed by atoms with Gasteiger partial charge in [0, 0.05) is 5.56 Å². The molecule has 0 bridgehead atoms. The second kappa shape index (κ2) is 11.6. The number of aliphatic hydroxyl groups is 2. The van der Waals surface area contributed by atoms with Crippen LogP contribution in [-0.2, 0) is 0 Å². The first-order chi connectivity index (χ1) is 19.7. The second-order valence-electron chi connectivity index (χ2n) is 9.66. The van der Waals surface area contributed by atoms with Crippen molar-refractivity contribution in [3.05, 3.63) is 121 Å². The molecule has 0 saturated heterocycles. The molecule has 2 N–H and O–H groups in total. The van der Waals surface area contributed by atoms with Crippen molar-refractivity contribution in [3.8, 4) is 44.9 Å². The summed E-state index contributed by atoms with van der Waals surface area (Å²) in [7, 11) is 0. The van der Waals surface area contributed by atoms with Gasteiger partial charge in [0.05, 0.1) is 13.2 Å². The molecular weight excluding hydrogens is 496 g/mol. The maximum atomic E-state index is 9.55. The fourth-order valence-corrected chi connectivity index (χ4v) is 5.28. The van der Waals surface area contributed by atoms with E-state index in [4.69, 9.17) is 9.47 Å². The maximum Gasteiger partial charge on any atom is 0.127 e. The van der Waals surface area contributed by atoms with E-state index in [1.165, 1.54) is 0 Å². The Kier molecular flexibility index (Phi) is 7.45. The molecule has 0 aliphatic rings. The number of fused-ring (bicyclic) bond motifs is 2. The van der Waals surface area contributed by atoms with Gasteiger partial charge in [-0.1, -0.05) is 91.0 Å². The Balaban J connectivity index is 1.59. The summed E-state index contributed by atoms with van der Waals surface area (Å²) in [5.74, 6) is 1.37. The van der Waals surface area contributed by atoms with Crippen molar-refractivity contribution in [1.29, 1.82) is 0 Å². The van der Waals surface area contributed by atoms with Gasteiger partial charge >= 0.3 is 0 Å². The van der Waals surface area contributed by atoms with Gasteiger partial charge in [0.1, 0.15) is 24.7 Å². The molecule has 0 aliphatic carbocycles. The Morgan fingerprint density at radius 2 is 1.07 bits per heavy atom. The van der Waals surface area contributed by atoms with E-state index in [9.17, 15) is 10.2 Å². The van der Waals surface area contributed by atoms with Gasteiger partial charge in [-0.25, -0.2) is 0 Å². The SMILES string of the molecule is OCCOc1cc(-c2c(OCCO)ccc3cc(-c4ccccc4)ccc23)c2ccc(-c3ccccc3)cc2c1. The van der Waals surface area contributed by atoms with Gasteiger partial charge in [0.15, 0.2) is 0 Å². The summed E-state index contributed by atoms with van der Waals surface area (Å²) in [5, 5.41) is 23.2. The van der Waals surface area contributed by atoms with Crippen LogP contribution < -0.4 is 9.47 Å². The van der Waals surface area contributed by atoms with Crippen LogP contribution in [0.15, 0.2) is 121 Å². The highest BCUT2D eigenvalue weighted by atomic mass is 16.5. The molecule has 0 fully saturated rings. The molecule has 40 heavy (non-hydrogen) atoms. The van der Waals surface area contributed by atoms with E-state index in [2.05, 4.69) is 66.7 Å². The Morgan fingerprint density at radius 3 is 1.73 bits per heavy atom. The molecule has 198 valence electrons. The summed E-state index contributed by atoms with van der Waals surface area (Å²) in [4.78, 5) is 0. The molecule has 0 amide bonds. The van der Waals surface area contributed by atoms with E-state index in [1.807, 2.05) is 54.6 Å². The van der Waals surface area contributed by atoms with E-state index in [1.54, 1.807) is 0 Å². The zero-order valence-electron chi connectivity index (χ0n) is 22.1. The van der Waals surface area contributed by atoms with Crippen LogP contribution in [0.3, 0.4) is 0 Å². The van der Waals surface area contributed by atoms with Crippen LogP contribution in [0.5, 0.6) is 11.5 Å². The molecule has 6 aromatic rings. The van der Waals surface area contributed by atoms with Gasteiger partial charge in [-0.15, -0.1) is 0 Å². The van der Waals surface area contributed by atoms with E-state index in [0.29, 0.717) is 11.5 Å². The van der Waals surface area contributed by atoms with Crippen molar-refractivity contribution in [2.45, 2.75) is 0 Å². The third kappa shape index (κ3) is 5.15. The lowest BCUT2D eigenvalue weighted by atomic mass is 9.90. The van der Waals surface area contributed by atoms with Gasteiger partial charge in [0.25, 0.3) is 0 Å². The molecule has 0 atom stereocenters. The highest BCUT2D eigenvalue weighted by molar-refractivity contribution is 6.09. The Labute approximate surface area is 233 Å². The molecule has 4 heteroatoms. The monoisotopic (exact) mass is 526 g/mol. The highest BCUT2D eigenvalue weighted by Gasteiger charge is 2.17. The fraction of sp³-hybridized carbons (Fsp3) is 0.111. The minimum Gasteiger partial charge on any atom is -0.491 e. The van der Waals surface area contributed by atoms with Gasteiger partial charge in [-0.3, -0.25) is 0 Å². The lowest BCUT2D eigenvalue weighted by Gasteiger charge is -2.18. The largest absolute Gasteiger partial charge is 0.491 e. The number of rotatable bonds is 9. The molecule has 0 aliphatic heterocycles. The first-order valence-electron chi connectivity index (χ1n) is 13.5. The molecule has 6 rings (SSSR count). The minimum absolute atomic E-state index is 0.0706. The molecule has 0 unspecified atom stereocenters. The average molecular weight is 527 g/mol. The van der Waals surface area contributed by atoms with Crippen LogP contribution in [0.2, 0.25) is 0 Å². The topological polar surface area (TPSA) is 58.9 Å². The van der Waals surface area contributed by atoms with Crippen LogP contribution in [0.25, 0.3) is 54.9 Å². The van der Waals surface area contributed by atoms with E-state index in [0.717, 1.165) is 54.9 Å². The van der Waals surface area contributed by atoms with Crippen LogP contribution in [-0.4, -0.2) is 36.6 Å². The van der Waals surface area contributed by atoms with E-state index in [-0.39, 0.29) is 26.4 Å². The summed E-state index contributed by atoms with van der Waals surface area (Å²) in [6.45, 7) is 0.245. The van der Waals surface area contributed by atoms with Gasteiger partial charge in [0.2, 0.25) is 0 Å². The van der Waals surface area contributed by atoms with Crippen LogP contribution in [0, 0.1) is 0 Å². The predicted octanol–water partition coefficient (Wildman–Crippen LogP) is 7.74. The fourth-order valence-electron chi connectivity index (χ4n) is 5.28. The van der Waals surface area contributed by atoms with Crippen molar-refractivity contribution in [2.75, 3.05) is 26.4 Å². The summed E-state index contributed by atoms with van der Waals surface area (Å²) in [6.07, 6.45) is 0. The molecule has 6 aromatic carbocycles. The summed E-state index contributed by atoms with van der Waals surface area (Å²) in [5.41, 5.74) is 6.46. The molecule has 0 aromatic heterocycles. The lowest BCUT2D eigenvalue weighted by Crippen LogP contribution is -2.04. The lowest BCUT2D eigenvalue weighted by molar-refractivity contribution is 0.201. The molecular formula is C36H30O4. The number of benzene rings is 6. The van der Waals surface area contributed by atoms with Crippen molar-refractivity contribution in [1.82, 2.24) is 0 Å². The molecule has 0 saturated carbocycles. The Bertz CT molecular complexity index is 1760. The maximum absolute atomic E-state index is 9.55. The van der Waals surface area contributed by atoms with Crippen molar-refractivity contribution < 1.29 is 19.7 Å². The number of ether oxygens (including phenoxy) is 2. The highest BCUT2D eigenvalue weighted by Crippen LogP contribution is 2.44. The summed E-state index contributed by atoms with van der Waals surface area (Å²) >= 11 is 0. The first-order valence-corrected chi connectivity index (χ1v) is 13.5. The first kappa shape index (κ1) is 25.6. The third-order valence-electron chi connectivity index (χ3n) is 7.10.